The third-order valence-corrected chi connectivity index (χ3v) is 3.79. The maximum absolute atomic E-state index is 2.41. The van der Waals surface area contributed by atoms with E-state index in [0.717, 1.165) is 0 Å². The van der Waals surface area contributed by atoms with Gasteiger partial charge in [-0.15, -0.1) is 0 Å². The van der Waals surface area contributed by atoms with E-state index in [0.29, 0.717) is 0 Å². The molecule has 0 bridgehead atoms. The van der Waals surface area contributed by atoms with Crippen LogP contribution in [-0.2, 0) is 24.4 Å². The summed E-state index contributed by atoms with van der Waals surface area (Å²) < 4.78 is 1.72. The Morgan fingerprint density at radius 3 is 2.40 bits per heavy atom. The minimum absolute atomic E-state index is 1.24. The summed E-state index contributed by atoms with van der Waals surface area (Å²) in [5.41, 5.74) is 3.27. The third-order valence-electron chi connectivity index (χ3n) is 2.00. The summed E-state index contributed by atoms with van der Waals surface area (Å²) in [5.74, 6) is 0. The first-order chi connectivity index (χ1) is 4.77. The Hall–Kier alpha value is 0.350. The van der Waals surface area contributed by atoms with Gasteiger partial charge in [0.05, 0.1) is 0 Å². The molecule has 0 atom stereocenters. The van der Waals surface area contributed by atoms with Crippen LogP contribution in [0.25, 0.3) is 0 Å². The fourth-order valence-corrected chi connectivity index (χ4v) is 2.98. The third kappa shape index (κ3) is 1.69. The molecule has 53 valence electrons. The van der Waals surface area contributed by atoms with Crippen LogP contribution in [-0.4, -0.2) is 0 Å². The van der Waals surface area contributed by atoms with Gasteiger partial charge in [-0.1, -0.05) is 0 Å². The molecule has 1 aliphatic rings. The van der Waals surface area contributed by atoms with Crippen molar-refractivity contribution in [1.82, 2.24) is 0 Å². The summed E-state index contributed by atoms with van der Waals surface area (Å²) in [6.07, 6.45) is 6.19. The Kier molecular flexibility index (Phi) is 3.09. The molecule has 0 fully saturated rings. The molecular formula is C9H13Hf. The molecule has 0 radical (unpaired) electrons. The molecule has 0 heterocycles. The number of allylic oxidation sites excluding steroid dienone is 4. The summed E-state index contributed by atoms with van der Waals surface area (Å²) in [6, 6.07) is 0. The first-order valence-corrected chi connectivity index (χ1v) is 5.70. The van der Waals surface area contributed by atoms with Crippen molar-refractivity contribution in [2.24, 2.45) is 0 Å². The number of hydrogen-bond donors (Lipinski definition) is 0. The molecule has 0 saturated heterocycles. The van der Waals surface area contributed by atoms with Gasteiger partial charge in [0.2, 0.25) is 0 Å². The molecule has 0 amide bonds. The van der Waals surface area contributed by atoms with Gasteiger partial charge in [0.25, 0.3) is 0 Å². The van der Waals surface area contributed by atoms with Gasteiger partial charge < -0.3 is 0 Å². The van der Waals surface area contributed by atoms with Gasteiger partial charge >= 0.3 is 78.0 Å². The quantitative estimate of drug-likeness (QED) is 0.688. The molecule has 0 N–H and O–H groups in total. The Morgan fingerprint density at radius 1 is 1.40 bits per heavy atom. The predicted octanol–water partition coefficient (Wildman–Crippen LogP) is 2.94. The zero-order chi connectivity index (χ0) is 7.56. The van der Waals surface area contributed by atoms with E-state index in [2.05, 4.69) is 19.9 Å². The molecule has 10 heavy (non-hydrogen) atoms. The maximum atomic E-state index is 2.41. The van der Waals surface area contributed by atoms with Crippen LogP contribution < -0.4 is 0 Å². The molecule has 1 aliphatic carbocycles. The second-order valence-electron chi connectivity index (χ2n) is 2.69. The van der Waals surface area contributed by atoms with Gasteiger partial charge in [-0.3, -0.25) is 0 Å². The summed E-state index contributed by atoms with van der Waals surface area (Å²) in [5, 5.41) is 0. The van der Waals surface area contributed by atoms with E-state index in [1.54, 1.807) is 14.5 Å². The normalized spacial score (nSPS) is 17.9. The Balaban J connectivity index is 2.68. The van der Waals surface area contributed by atoms with Crippen molar-refractivity contribution in [3.05, 3.63) is 20.6 Å². The first-order valence-electron chi connectivity index (χ1n) is 3.91. The summed E-state index contributed by atoms with van der Waals surface area (Å²) >= 11 is 1.27. The van der Waals surface area contributed by atoms with Crippen molar-refractivity contribution in [2.75, 3.05) is 0 Å². The molecule has 0 nitrogen and oxygen atoms in total. The van der Waals surface area contributed by atoms with Crippen molar-refractivity contribution >= 4 is 0 Å². The van der Waals surface area contributed by atoms with E-state index < -0.39 is 0 Å². The molecule has 0 unspecified atom stereocenters. The van der Waals surface area contributed by atoms with Crippen molar-refractivity contribution < 1.29 is 24.4 Å². The molecule has 0 aliphatic heterocycles. The molecule has 0 aromatic heterocycles. The van der Waals surface area contributed by atoms with Gasteiger partial charge in [0, 0.05) is 0 Å². The van der Waals surface area contributed by atoms with Gasteiger partial charge in [0.1, 0.15) is 0 Å². The van der Waals surface area contributed by atoms with Crippen LogP contribution in [0.5, 0.6) is 0 Å². The van der Waals surface area contributed by atoms with Crippen molar-refractivity contribution in [3.8, 4) is 0 Å². The molecule has 1 heteroatoms. The average molecular weight is 300 g/mol. The number of rotatable bonds is 2. The zero-order valence-corrected chi connectivity index (χ0v) is 10.3. The molecule has 0 spiro atoms. The van der Waals surface area contributed by atoms with E-state index in [1.807, 2.05) is 0 Å². The molecule has 0 saturated carbocycles. The fourth-order valence-electron chi connectivity index (χ4n) is 1.27. The average Bonchev–Trinajstić information content (AvgIpc) is 2.30. The molecule has 1 rings (SSSR count). The van der Waals surface area contributed by atoms with Crippen LogP contribution in [0, 0.1) is 0 Å². The summed E-state index contributed by atoms with van der Waals surface area (Å²) in [6.45, 7) is 4.50. The van der Waals surface area contributed by atoms with Crippen LogP contribution in [0.15, 0.2) is 20.6 Å². The Bertz CT molecular complexity index is 187. The molecule has 0 aromatic rings. The topological polar surface area (TPSA) is 0 Å². The van der Waals surface area contributed by atoms with Gasteiger partial charge in [0.15, 0.2) is 0 Å². The van der Waals surface area contributed by atoms with E-state index in [4.69, 9.17) is 0 Å². The van der Waals surface area contributed by atoms with Crippen LogP contribution in [0.3, 0.4) is 0 Å². The summed E-state index contributed by atoms with van der Waals surface area (Å²) in [4.78, 5) is 0. The van der Waals surface area contributed by atoms with Crippen LogP contribution in [0.2, 0.25) is 0 Å². The summed E-state index contributed by atoms with van der Waals surface area (Å²) in [7, 11) is 0. The van der Waals surface area contributed by atoms with Crippen molar-refractivity contribution in [2.45, 2.75) is 33.1 Å². The molecular weight excluding hydrogens is 287 g/mol. The number of hydrogen-bond acceptors (Lipinski definition) is 0. The second kappa shape index (κ2) is 3.66. The van der Waals surface area contributed by atoms with E-state index in [1.165, 1.54) is 43.6 Å². The van der Waals surface area contributed by atoms with Crippen LogP contribution in [0.1, 0.15) is 33.1 Å². The second-order valence-corrected chi connectivity index (χ2v) is 4.86. The van der Waals surface area contributed by atoms with E-state index in [-0.39, 0.29) is 0 Å². The monoisotopic (exact) mass is 301 g/mol. The standard InChI is InChI=1S/C9H13.Hf/c1-3-8-5-6-9(4-2)7-8;/h7H,3-5H2,1-2H3;. The van der Waals surface area contributed by atoms with Crippen molar-refractivity contribution in [3.63, 3.8) is 0 Å². The Labute approximate surface area is 78.0 Å². The minimum atomic E-state index is 1.24. The first kappa shape index (κ1) is 8.45. The van der Waals surface area contributed by atoms with Gasteiger partial charge in [-0.25, -0.2) is 0 Å². The van der Waals surface area contributed by atoms with Crippen LogP contribution >= 0.6 is 0 Å². The van der Waals surface area contributed by atoms with Crippen LogP contribution in [0.4, 0.5) is 0 Å². The van der Waals surface area contributed by atoms with Crippen molar-refractivity contribution in [1.29, 1.82) is 0 Å². The van der Waals surface area contributed by atoms with E-state index in [9.17, 15) is 0 Å². The Morgan fingerprint density at radius 2 is 2.10 bits per heavy atom. The fraction of sp³-hybridized carbons (Fsp3) is 0.556. The predicted molar refractivity (Wildman–Crippen MR) is 40.3 cm³/mol. The van der Waals surface area contributed by atoms with Gasteiger partial charge in [-0.05, 0) is 0 Å². The molecule has 0 aromatic carbocycles. The van der Waals surface area contributed by atoms with E-state index >= 15 is 0 Å². The zero-order valence-electron chi connectivity index (χ0n) is 6.70. The SMILES string of the molecule is CCC1=CC(CC)=[C]([Hf])C1. The van der Waals surface area contributed by atoms with Gasteiger partial charge in [-0.2, -0.15) is 0 Å².